The molecule has 60 valence electrons. The highest BCUT2D eigenvalue weighted by Gasteiger charge is 2.03. The second-order valence-corrected chi connectivity index (χ2v) is 3.82. The maximum absolute atomic E-state index is 5.97. The topological polar surface area (TPSA) is 0 Å². The van der Waals surface area contributed by atoms with Crippen molar-refractivity contribution in [1.29, 1.82) is 0 Å². The van der Waals surface area contributed by atoms with Crippen molar-refractivity contribution in [2.45, 2.75) is 33.1 Å². The van der Waals surface area contributed by atoms with Gasteiger partial charge in [0.25, 0.3) is 0 Å². The Balaban J connectivity index is 3.66. The van der Waals surface area contributed by atoms with Crippen molar-refractivity contribution in [2.24, 2.45) is 11.8 Å². The molecule has 0 saturated heterocycles. The molecule has 0 radical (unpaired) electrons. The molecule has 0 aromatic rings. The average molecular weight is 161 g/mol. The standard InChI is InChI=1S/C9H17Cl/c1-7(2)5-6-9(10)8(3)4/h5-9H,1-4H3/b6-5+/t9-/m0/s1. The third kappa shape index (κ3) is 4.87. The van der Waals surface area contributed by atoms with Gasteiger partial charge in [-0.3, -0.25) is 0 Å². The van der Waals surface area contributed by atoms with Gasteiger partial charge in [0.05, 0.1) is 5.38 Å². The van der Waals surface area contributed by atoms with Crippen LogP contribution in [-0.2, 0) is 0 Å². The quantitative estimate of drug-likeness (QED) is 0.438. The summed E-state index contributed by atoms with van der Waals surface area (Å²) in [5, 5.41) is 0.197. The summed E-state index contributed by atoms with van der Waals surface area (Å²) in [5.41, 5.74) is 0. The summed E-state index contributed by atoms with van der Waals surface area (Å²) in [4.78, 5) is 0. The maximum atomic E-state index is 5.97. The van der Waals surface area contributed by atoms with Crippen LogP contribution >= 0.6 is 11.6 Å². The Bertz CT molecular complexity index is 103. The molecule has 1 atom stereocenters. The lowest BCUT2D eigenvalue weighted by Gasteiger charge is -2.07. The van der Waals surface area contributed by atoms with Gasteiger partial charge in [-0.25, -0.2) is 0 Å². The van der Waals surface area contributed by atoms with E-state index in [1.54, 1.807) is 0 Å². The van der Waals surface area contributed by atoms with Crippen LogP contribution in [0.3, 0.4) is 0 Å². The van der Waals surface area contributed by atoms with Crippen LogP contribution in [0.25, 0.3) is 0 Å². The highest BCUT2D eigenvalue weighted by Crippen LogP contribution is 2.11. The van der Waals surface area contributed by atoms with Crippen molar-refractivity contribution in [3.05, 3.63) is 12.2 Å². The number of halogens is 1. The van der Waals surface area contributed by atoms with E-state index in [0.29, 0.717) is 11.8 Å². The lowest BCUT2D eigenvalue weighted by molar-refractivity contribution is 0.666. The minimum absolute atomic E-state index is 0.197. The Labute approximate surface area is 69.3 Å². The van der Waals surface area contributed by atoms with Crippen molar-refractivity contribution in [3.8, 4) is 0 Å². The fourth-order valence-corrected chi connectivity index (χ4v) is 0.635. The number of alkyl halides is 1. The van der Waals surface area contributed by atoms with Crippen molar-refractivity contribution >= 4 is 11.6 Å². The third-order valence-electron chi connectivity index (χ3n) is 1.32. The van der Waals surface area contributed by atoms with Gasteiger partial charge in [-0.1, -0.05) is 39.8 Å². The fourth-order valence-electron chi connectivity index (χ4n) is 0.551. The Morgan fingerprint density at radius 1 is 1.00 bits per heavy atom. The zero-order valence-electron chi connectivity index (χ0n) is 7.26. The molecule has 0 heterocycles. The lowest BCUT2D eigenvalue weighted by Crippen LogP contribution is -2.03. The summed E-state index contributed by atoms with van der Waals surface area (Å²) in [5.74, 6) is 1.15. The summed E-state index contributed by atoms with van der Waals surface area (Å²) in [6, 6.07) is 0. The van der Waals surface area contributed by atoms with Gasteiger partial charge in [-0.15, -0.1) is 11.6 Å². The molecule has 0 unspecified atom stereocenters. The van der Waals surface area contributed by atoms with Crippen LogP contribution in [-0.4, -0.2) is 5.38 Å². The molecule has 10 heavy (non-hydrogen) atoms. The normalized spacial score (nSPS) is 15.5. The van der Waals surface area contributed by atoms with E-state index in [-0.39, 0.29) is 5.38 Å². The Kier molecular flexibility index (Phi) is 4.80. The van der Waals surface area contributed by atoms with Gasteiger partial charge in [0.1, 0.15) is 0 Å². The van der Waals surface area contributed by atoms with E-state index >= 15 is 0 Å². The molecule has 0 N–H and O–H groups in total. The Morgan fingerprint density at radius 3 is 1.80 bits per heavy atom. The first-order valence-corrected chi connectivity index (χ1v) is 4.30. The molecule has 0 aliphatic heterocycles. The highest BCUT2D eigenvalue weighted by molar-refractivity contribution is 6.21. The number of allylic oxidation sites excluding steroid dienone is 2. The maximum Gasteiger partial charge on any atom is 0.0539 e. The number of rotatable bonds is 3. The van der Waals surface area contributed by atoms with Gasteiger partial charge in [-0.2, -0.15) is 0 Å². The van der Waals surface area contributed by atoms with Gasteiger partial charge in [-0.05, 0) is 11.8 Å². The van der Waals surface area contributed by atoms with Gasteiger partial charge >= 0.3 is 0 Å². The molecule has 0 aliphatic carbocycles. The Hall–Kier alpha value is 0.0300. The van der Waals surface area contributed by atoms with Crippen molar-refractivity contribution < 1.29 is 0 Å². The first-order chi connectivity index (χ1) is 4.54. The smallest absolute Gasteiger partial charge is 0.0539 e. The molecule has 0 spiro atoms. The van der Waals surface area contributed by atoms with E-state index in [4.69, 9.17) is 11.6 Å². The molecular formula is C9H17Cl. The largest absolute Gasteiger partial charge is 0.118 e. The van der Waals surface area contributed by atoms with Gasteiger partial charge in [0, 0.05) is 0 Å². The molecule has 0 bridgehead atoms. The van der Waals surface area contributed by atoms with E-state index in [1.165, 1.54) is 0 Å². The minimum Gasteiger partial charge on any atom is -0.118 e. The zero-order chi connectivity index (χ0) is 8.15. The van der Waals surface area contributed by atoms with E-state index < -0.39 is 0 Å². The predicted molar refractivity (Wildman–Crippen MR) is 48.5 cm³/mol. The predicted octanol–water partition coefficient (Wildman–Crippen LogP) is 3.46. The van der Waals surface area contributed by atoms with Gasteiger partial charge in [0.2, 0.25) is 0 Å². The molecular weight excluding hydrogens is 144 g/mol. The molecule has 0 saturated carbocycles. The zero-order valence-corrected chi connectivity index (χ0v) is 8.02. The van der Waals surface area contributed by atoms with Crippen LogP contribution in [0.4, 0.5) is 0 Å². The number of hydrogen-bond donors (Lipinski definition) is 0. The summed E-state index contributed by atoms with van der Waals surface area (Å²) < 4.78 is 0. The Morgan fingerprint density at radius 2 is 1.50 bits per heavy atom. The van der Waals surface area contributed by atoms with E-state index in [0.717, 1.165) is 0 Å². The van der Waals surface area contributed by atoms with Crippen LogP contribution in [0.15, 0.2) is 12.2 Å². The second-order valence-electron chi connectivity index (χ2n) is 3.32. The van der Waals surface area contributed by atoms with Crippen LogP contribution in [0.5, 0.6) is 0 Å². The monoisotopic (exact) mass is 160 g/mol. The van der Waals surface area contributed by atoms with E-state index in [2.05, 4.69) is 39.8 Å². The van der Waals surface area contributed by atoms with Gasteiger partial charge < -0.3 is 0 Å². The molecule has 0 fully saturated rings. The SMILES string of the molecule is CC(C)/C=C/[C@H](Cl)C(C)C. The van der Waals surface area contributed by atoms with E-state index in [9.17, 15) is 0 Å². The lowest BCUT2D eigenvalue weighted by atomic mass is 10.1. The van der Waals surface area contributed by atoms with Crippen LogP contribution < -0.4 is 0 Å². The molecule has 0 aromatic carbocycles. The second kappa shape index (κ2) is 4.79. The van der Waals surface area contributed by atoms with Crippen LogP contribution in [0, 0.1) is 11.8 Å². The van der Waals surface area contributed by atoms with Crippen molar-refractivity contribution in [1.82, 2.24) is 0 Å². The fraction of sp³-hybridized carbons (Fsp3) is 0.778. The van der Waals surface area contributed by atoms with Crippen LogP contribution in [0.2, 0.25) is 0 Å². The van der Waals surface area contributed by atoms with Crippen molar-refractivity contribution in [2.75, 3.05) is 0 Å². The molecule has 1 heteroatoms. The highest BCUT2D eigenvalue weighted by atomic mass is 35.5. The average Bonchev–Trinajstić information content (AvgIpc) is 1.82. The van der Waals surface area contributed by atoms with Gasteiger partial charge in [0.15, 0.2) is 0 Å². The first kappa shape index (κ1) is 10.0. The summed E-state index contributed by atoms with van der Waals surface area (Å²) in [7, 11) is 0. The summed E-state index contributed by atoms with van der Waals surface area (Å²) in [6.07, 6.45) is 4.23. The summed E-state index contributed by atoms with van der Waals surface area (Å²) >= 11 is 5.97. The molecule has 0 rings (SSSR count). The van der Waals surface area contributed by atoms with Crippen LogP contribution in [0.1, 0.15) is 27.7 Å². The minimum atomic E-state index is 0.197. The summed E-state index contributed by atoms with van der Waals surface area (Å²) in [6.45, 7) is 8.56. The molecule has 0 nitrogen and oxygen atoms in total. The molecule has 0 aromatic heterocycles. The molecule has 0 amide bonds. The van der Waals surface area contributed by atoms with E-state index in [1.807, 2.05) is 0 Å². The number of hydrogen-bond acceptors (Lipinski definition) is 0. The third-order valence-corrected chi connectivity index (χ3v) is 1.97. The first-order valence-electron chi connectivity index (χ1n) is 3.86. The van der Waals surface area contributed by atoms with Crippen molar-refractivity contribution in [3.63, 3.8) is 0 Å². The molecule has 0 aliphatic rings.